The number of hydrogen-bond donors (Lipinski definition) is 4. The third-order valence-electron chi connectivity index (χ3n) is 7.08. The van der Waals surface area contributed by atoms with Gasteiger partial charge in [-0.1, -0.05) is 11.2 Å². The van der Waals surface area contributed by atoms with Crippen LogP contribution in [0, 0.1) is 4.91 Å². The molecule has 0 bridgehead atoms. The Morgan fingerprint density at radius 3 is 2.49 bits per heavy atom. The number of aromatic nitrogens is 2. The van der Waals surface area contributed by atoms with Gasteiger partial charge in [-0.2, -0.15) is 0 Å². The maximum atomic E-state index is 13.2. The van der Waals surface area contributed by atoms with Gasteiger partial charge in [0.15, 0.2) is 29.8 Å². The number of carboxylic acid groups (broad SMARTS) is 1. The van der Waals surface area contributed by atoms with Crippen molar-refractivity contribution in [1.82, 2.24) is 15.2 Å². The maximum Gasteiger partial charge on any atom is 0.352 e. The van der Waals surface area contributed by atoms with Crippen molar-refractivity contribution < 1.29 is 38.5 Å². The largest absolute Gasteiger partial charge is 0.477 e. The van der Waals surface area contributed by atoms with Crippen LogP contribution in [0.1, 0.15) is 40.3 Å². The van der Waals surface area contributed by atoms with Crippen LogP contribution in [0.25, 0.3) is 0 Å². The fraction of sp³-hybridized carbons (Fsp3) is 0.226. The number of aliphatic carboxylic acids is 1. The lowest BCUT2D eigenvalue weighted by Crippen LogP contribution is -2.71. The number of hydrogen-bond acceptors (Lipinski definition) is 12. The van der Waals surface area contributed by atoms with Crippen LogP contribution in [-0.4, -0.2) is 73.6 Å². The number of carbonyl (C=O) groups excluding carboxylic acids is 4. The summed E-state index contributed by atoms with van der Waals surface area (Å²) in [4.78, 5) is 83.5. The van der Waals surface area contributed by atoms with E-state index < -0.39 is 41.0 Å². The molecule has 16 nitrogen and oxygen atoms in total. The second kappa shape index (κ2) is 15.0. The number of nitrogens with one attached hydrogen (secondary N) is 2. The zero-order chi connectivity index (χ0) is 35.2. The van der Waals surface area contributed by atoms with Gasteiger partial charge < -0.3 is 26.3 Å². The molecule has 49 heavy (non-hydrogen) atoms. The third kappa shape index (κ3) is 7.87. The van der Waals surface area contributed by atoms with Crippen LogP contribution in [0.15, 0.2) is 87.9 Å². The number of nitrogen functional groups attached to an aromatic ring is 1. The molecule has 1 saturated heterocycles. The van der Waals surface area contributed by atoms with Crippen LogP contribution in [-0.2, 0) is 25.8 Å². The number of benzene rings is 1. The van der Waals surface area contributed by atoms with E-state index in [1.54, 1.807) is 60.5 Å². The van der Waals surface area contributed by atoms with Gasteiger partial charge in [-0.15, -0.1) is 28.0 Å². The Balaban J connectivity index is 1.21. The first-order valence-electron chi connectivity index (χ1n) is 14.6. The van der Waals surface area contributed by atoms with Crippen LogP contribution >= 0.6 is 23.1 Å². The van der Waals surface area contributed by atoms with E-state index in [9.17, 15) is 34.0 Å². The molecule has 2 aliphatic heterocycles. The Bertz CT molecular complexity index is 1900. The highest BCUT2D eigenvalue weighted by Gasteiger charge is 2.54. The number of amides is 4. The minimum Gasteiger partial charge on any atom is -0.477 e. The number of nitroso groups, excluding NO2 is 1. The molecule has 2 aliphatic rings. The Morgan fingerprint density at radius 1 is 1.16 bits per heavy atom. The fourth-order valence-corrected chi connectivity index (χ4v) is 6.61. The van der Waals surface area contributed by atoms with Crippen molar-refractivity contribution in [3.63, 3.8) is 0 Å². The monoisotopic (exact) mass is 705 g/mol. The van der Waals surface area contributed by atoms with Gasteiger partial charge >= 0.3 is 11.9 Å². The van der Waals surface area contributed by atoms with Crippen LogP contribution in [0.4, 0.5) is 10.8 Å². The molecule has 252 valence electrons. The lowest BCUT2D eigenvalue weighted by atomic mass is 10.0. The molecule has 4 heterocycles. The van der Waals surface area contributed by atoms with Crippen molar-refractivity contribution in [2.24, 2.45) is 10.3 Å². The van der Waals surface area contributed by atoms with Crippen molar-refractivity contribution in [3.05, 3.63) is 99.3 Å². The maximum absolute atomic E-state index is 13.2. The molecule has 0 saturated carbocycles. The molecule has 2 atom stereocenters. The Kier molecular flexibility index (Phi) is 10.6. The Morgan fingerprint density at radius 2 is 1.88 bits per heavy atom. The molecule has 1 aromatic carbocycles. The van der Waals surface area contributed by atoms with E-state index in [0.717, 1.165) is 16.2 Å². The molecule has 2 unspecified atom stereocenters. The van der Waals surface area contributed by atoms with Gasteiger partial charge in [-0.25, -0.2) is 14.3 Å². The summed E-state index contributed by atoms with van der Waals surface area (Å²) >= 11 is 2.42. The van der Waals surface area contributed by atoms with Crippen LogP contribution in [0.3, 0.4) is 0 Å². The van der Waals surface area contributed by atoms with E-state index >= 15 is 0 Å². The lowest BCUT2D eigenvalue weighted by molar-refractivity contribution is -0.687. The topological polar surface area (TPSA) is 227 Å². The second-order valence-electron chi connectivity index (χ2n) is 10.8. The number of allylic oxidation sites excluding steroid dienone is 2. The highest BCUT2D eigenvalue weighted by atomic mass is 32.2. The molecule has 0 aliphatic carbocycles. The summed E-state index contributed by atoms with van der Waals surface area (Å²) < 4.78 is 1.76. The highest BCUT2D eigenvalue weighted by molar-refractivity contribution is 8.00. The molecule has 5 N–H and O–H groups in total. The van der Waals surface area contributed by atoms with Crippen molar-refractivity contribution in [1.29, 1.82) is 0 Å². The number of thioether (sulfide) groups is 1. The number of carbonyl (C=O) groups is 5. The second-order valence-corrected chi connectivity index (χ2v) is 12.8. The van der Waals surface area contributed by atoms with Crippen molar-refractivity contribution in [2.45, 2.75) is 37.9 Å². The van der Waals surface area contributed by atoms with Gasteiger partial charge in [-0.3, -0.25) is 24.1 Å². The molecule has 5 rings (SSSR count). The van der Waals surface area contributed by atoms with Crippen LogP contribution in [0.2, 0.25) is 0 Å². The minimum atomic E-state index is -1.28. The van der Waals surface area contributed by atoms with Crippen LogP contribution in [0.5, 0.6) is 0 Å². The number of oxime groups is 1. The number of nitrogens with zero attached hydrogens (tertiary/aromatic N) is 5. The number of carboxylic acids is 1. The van der Waals surface area contributed by atoms with E-state index in [0.29, 0.717) is 23.4 Å². The molecule has 4 amide bonds. The van der Waals surface area contributed by atoms with Crippen molar-refractivity contribution in [3.8, 4) is 0 Å². The van der Waals surface area contributed by atoms with E-state index in [1.807, 2.05) is 0 Å². The fourth-order valence-electron chi connectivity index (χ4n) is 4.74. The van der Waals surface area contributed by atoms with Crippen molar-refractivity contribution >= 4 is 69.2 Å². The number of nitrogens with two attached hydrogens (primary N) is 1. The van der Waals surface area contributed by atoms with Gasteiger partial charge in [0, 0.05) is 39.7 Å². The summed E-state index contributed by atoms with van der Waals surface area (Å²) in [6, 6.07) is 7.93. The number of fused-ring (bicyclic) bond motifs is 1. The summed E-state index contributed by atoms with van der Waals surface area (Å²) in [7, 11) is 0. The van der Waals surface area contributed by atoms with Gasteiger partial charge in [0.2, 0.25) is 0 Å². The number of anilines is 2. The van der Waals surface area contributed by atoms with Gasteiger partial charge in [0.05, 0.1) is 5.56 Å². The number of rotatable bonds is 12. The number of β-lactam (4-membered cyclic amide) rings is 1. The standard InChI is InChI=1S/C31H28N8O8S2/c1-16(2)47-37-22(21-15-49-31(32)34-21)27(42)35-23-28(43)39-24(30(44)45)19(14-48-29(23)39)4-3-11-38-12-9-18(10-13-38)25(40)33-20-7-5-17(6-8-20)26(41)36-46/h3-10,12-13,15-16,23,29H,11,14H2,1-2H3,(H4-,32,33,34,35,40,41,42,44,45)/p+1/b4-3+,37-22-. The molecule has 3 aromatic rings. The zero-order valence-corrected chi connectivity index (χ0v) is 27.6. The number of pyridine rings is 1. The van der Waals surface area contributed by atoms with E-state index in [4.69, 9.17) is 10.6 Å². The molecular formula is C31H29N8O8S2+. The first-order valence-corrected chi connectivity index (χ1v) is 16.5. The average Bonchev–Trinajstić information content (AvgIpc) is 3.52. The molecule has 1 fully saturated rings. The normalized spacial score (nSPS) is 17.4. The molecular weight excluding hydrogens is 677 g/mol. The Hall–Kier alpha value is -5.75. The van der Waals surface area contributed by atoms with E-state index in [1.165, 1.54) is 36.0 Å². The molecule has 2 aromatic heterocycles. The molecule has 0 spiro atoms. The first-order chi connectivity index (χ1) is 23.5. The summed E-state index contributed by atoms with van der Waals surface area (Å²) in [5.41, 5.74) is 6.89. The van der Waals surface area contributed by atoms with Gasteiger partial charge in [0.25, 0.3) is 17.7 Å². The lowest BCUT2D eigenvalue weighted by Gasteiger charge is -2.49. The molecule has 18 heteroatoms. The van der Waals surface area contributed by atoms with Gasteiger partial charge in [0.1, 0.15) is 28.9 Å². The summed E-state index contributed by atoms with van der Waals surface area (Å²) in [6.45, 7) is 3.80. The Labute approximate surface area is 286 Å². The average molecular weight is 706 g/mol. The highest BCUT2D eigenvalue weighted by Crippen LogP contribution is 2.40. The van der Waals surface area contributed by atoms with E-state index in [2.05, 4.69) is 26.0 Å². The smallest absolute Gasteiger partial charge is 0.352 e. The minimum absolute atomic E-state index is 0.108. The molecule has 0 radical (unpaired) electrons. The van der Waals surface area contributed by atoms with E-state index in [-0.39, 0.29) is 39.7 Å². The van der Waals surface area contributed by atoms with Crippen LogP contribution < -0.4 is 20.9 Å². The predicted molar refractivity (Wildman–Crippen MR) is 179 cm³/mol. The summed E-state index contributed by atoms with van der Waals surface area (Å²) in [5.74, 6) is -3.60. The predicted octanol–water partition coefficient (Wildman–Crippen LogP) is 2.30. The SMILES string of the molecule is CC(C)O/N=C(\C(=O)NC1C(=O)N2C(C(=O)O)=C(/C=C/C[n+]3ccc(C(=O)Nc4ccc(C(=O)N=O)cc4)cc3)CSC12)c1csc(N)n1. The number of thiazole rings is 1. The van der Waals surface area contributed by atoms with Crippen molar-refractivity contribution in [2.75, 3.05) is 16.8 Å². The van der Waals surface area contributed by atoms with Gasteiger partial charge in [-0.05, 0) is 49.8 Å². The summed E-state index contributed by atoms with van der Waals surface area (Å²) in [5, 5.41) is 22.7. The quantitative estimate of drug-likeness (QED) is 0.0703. The first kappa shape index (κ1) is 34.6. The zero-order valence-electron chi connectivity index (χ0n) is 25.9. The summed E-state index contributed by atoms with van der Waals surface area (Å²) in [6.07, 6.45) is 6.38. The third-order valence-corrected chi connectivity index (χ3v) is 9.06.